The number of hydrogen-bond donors (Lipinski definition) is 0. The molecule has 3 rings (SSSR count). The van der Waals surface area contributed by atoms with E-state index in [2.05, 4.69) is 28.9 Å². The van der Waals surface area contributed by atoms with E-state index in [1.54, 1.807) is 0 Å². The third-order valence-electron chi connectivity index (χ3n) is 4.50. The average Bonchev–Trinajstić information content (AvgIpc) is 2.82. The van der Waals surface area contributed by atoms with Gasteiger partial charge in [-0.2, -0.15) is 0 Å². The van der Waals surface area contributed by atoms with Crippen LogP contribution in [0, 0.1) is 0 Å². The van der Waals surface area contributed by atoms with Crippen molar-refractivity contribution in [2.24, 2.45) is 0 Å². The normalized spacial score (nSPS) is 29.4. The Kier molecular flexibility index (Phi) is 3.60. The molecule has 2 fully saturated rings. The molecule has 2 unspecified atom stereocenters. The summed E-state index contributed by atoms with van der Waals surface area (Å²) in [7, 11) is 0. The topological polar surface area (TPSA) is 6.48 Å². The second-order valence-corrected chi connectivity index (χ2v) is 6.02. The van der Waals surface area contributed by atoms with Crippen molar-refractivity contribution < 1.29 is 0 Å². The van der Waals surface area contributed by atoms with Crippen LogP contribution in [0.2, 0.25) is 5.02 Å². The number of hydrogen-bond acceptors (Lipinski definition) is 2. The first-order valence-corrected chi connectivity index (χ1v) is 7.34. The molecule has 2 nitrogen and oxygen atoms in total. The molecule has 0 aliphatic carbocycles. The molecule has 0 saturated carbocycles. The fourth-order valence-corrected chi connectivity index (χ4v) is 3.69. The Morgan fingerprint density at radius 2 is 2.17 bits per heavy atom. The van der Waals surface area contributed by atoms with Crippen LogP contribution in [-0.2, 0) is 6.54 Å². The molecule has 0 aromatic heterocycles. The van der Waals surface area contributed by atoms with Gasteiger partial charge < -0.3 is 0 Å². The van der Waals surface area contributed by atoms with Crippen LogP contribution in [-0.4, -0.2) is 41.5 Å². The lowest BCUT2D eigenvalue weighted by atomic mass is 10.0. The van der Waals surface area contributed by atoms with Gasteiger partial charge in [-0.15, -0.1) is 0 Å². The van der Waals surface area contributed by atoms with Crippen molar-refractivity contribution in [2.45, 2.75) is 38.4 Å². The maximum Gasteiger partial charge on any atom is 0.0409 e. The molecule has 0 radical (unpaired) electrons. The van der Waals surface area contributed by atoms with Crippen LogP contribution in [0.3, 0.4) is 0 Å². The van der Waals surface area contributed by atoms with Gasteiger partial charge in [0.1, 0.15) is 0 Å². The number of benzene rings is 1. The van der Waals surface area contributed by atoms with Gasteiger partial charge in [-0.25, -0.2) is 0 Å². The van der Waals surface area contributed by atoms with E-state index in [9.17, 15) is 0 Å². The van der Waals surface area contributed by atoms with Crippen LogP contribution >= 0.6 is 11.6 Å². The third kappa shape index (κ3) is 2.42. The van der Waals surface area contributed by atoms with Gasteiger partial charge in [-0.1, -0.05) is 23.7 Å². The lowest BCUT2D eigenvalue weighted by Gasteiger charge is -2.43. The van der Waals surface area contributed by atoms with Crippen LogP contribution in [0.5, 0.6) is 0 Å². The number of nitrogens with zero attached hydrogens (tertiary/aromatic N) is 2. The van der Waals surface area contributed by atoms with Gasteiger partial charge in [-0.3, -0.25) is 9.80 Å². The van der Waals surface area contributed by atoms with E-state index in [1.165, 1.54) is 38.0 Å². The summed E-state index contributed by atoms with van der Waals surface area (Å²) in [5, 5.41) is 0.847. The van der Waals surface area contributed by atoms with Gasteiger partial charge in [0.15, 0.2) is 0 Å². The number of rotatable bonds is 2. The first-order valence-electron chi connectivity index (χ1n) is 6.96. The van der Waals surface area contributed by atoms with Crippen LogP contribution in [0.4, 0.5) is 0 Å². The lowest BCUT2D eigenvalue weighted by molar-refractivity contribution is 0.0470. The highest BCUT2D eigenvalue weighted by Crippen LogP contribution is 2.27. The zero-order valence-corrected chi connectivity index (χ0v) is 11.7. The Morgan fingerprint density at radius 1 is 1.28 bits per heavy atom. The van der Waals surface area contributed by atoms with Crippen molar-refractivity contribution in [1.82, 2.24) is 9.80 Å². The van der Waals surface area contributed by atoms with Crippen LogP contribution < -0.4 is 0 Å². The highest BCUT2D eigenvalue weighted by molar-refractivity contribution is 6.30. The first kappa shape index (κ1) is 12.5. The Bertz CT molecular complexity index is 421. The molecule has 2 aliphatic heterocycles. The van der Waals surface area contributed by atoms with E-state index in [4.69, 9.17) is 11.6 Å². The molecule has 1 aromatic carbocycles. The Labute approximate surface area is 115 Å². The lowest BCUT2D eigenvalue weighted by Crippen LogP contribution is -2.55. The summed E-state index contributed by atoms with van der Waals surface area (Å²) < 4.78 is 0. The minimum atomic E-state index is 0.667. The Balaban J connectivity index is 1.69. The van der Waals surface area contributed by atoms with Crippen LogP contribution in [0.25, 0.3) is 0 Å². The van der Waals surface area contributed by atoms with Gasteiger partial charge >= 0.3 is 0 Å². The van der Waals surface area contributed by atoms with Crippen molar-refractivity contribution >= 4 is 11.6 Å². The summed E-state index contributed by atoms with van der Waals surface area (Å²) in [5.41, 5.74) is 1.33. The van der Waals surface area contributed by atoms with Crippen molar-refractivity contribution in [3.63, 3.8) is 0 Å². The SMILES string of the molecule is CC1C2CCCN2CCN1Cc1cccc(Cl)c1. The monoisotopic (exact) mass is 264 g/mol. The quantitative estimate of drug-likeness (QED) is 0.810. The minimum absolute atomic E-state index is 0.667. The predicted molar refractivity (Wildman–Crippen MR) is 75.9 cm³/mol. The van der Waals surface area contributed by atoms with Gasteiger partial charge in [-0.05, 0) is 44.0 Å². The highest BCUT2D eigenvalue weighted by atomic mass is 35.5. The summed E-state index contributed by atoms with van der Waals surface area (Å²) in [6.07, 6.45) is 2.74. The maximum absolute atomic E-state index is 6.06. The summed E-state index contributed by atoms with van der Waals surface area (Å²) in [5.74, 6) is 0. The Hall–Kier alpha value is -0.570. The molecule has 1 aromatic rings. The van der Waals surface area contributed by atoms with Gasteiger partial charge in [0, 0.05) is 36.7 Å². The fourth-order valence-electron chi connectivity index (χ4n) is 3.47. The molecule has 0 N–H and O–H groups in total. The van der Waals surface area contributed by atoms with Crippen molar-refractivity contribution in [2.75, 3.05) is 19.6 Å². The molecule has 2 atom stereocenters. The number of piperazine rings is 1. The molecule has 0 spiro atoms. The zero-order chi connectivity index (χ0) is 12.5. The number of halogens is 1. The molecular weight excluding hydrogens is 244 g/mol. The number of fused-ring (bicyclic) bond motifs is 1. The van der Waals surface area contributed by atoms with Crippen molar-refractivity contribution in [3.8, 4) is 0 Å². The molecule has 98 valence electrons. The standard InChI is InChI=1S/C15H21ClN2/c1-12-15-6-3-7-17(15)8-9-18(12)11-13-4-2-5-14(16)10-13/h2,4-5,10,12,15H,3,6-9,11H2,1H3. The molecule has 18 heavy (non-hydrogen) atoms. The summed E-state index contributed by atoms with van der Waals surface area (Å²) >= 11 is 6.06. The summed E-state index contributed by atoms with van der Waals surface area (Å²) in [6, 6.07) is 9.71. The predicted octanol–water partition coefficient (Wildman–Crippen LogP) is 3.01. The van der Waals surface area contributed by atoms with Gasteiger partial charge in [0.05, 0.1) is 0 Å². The smallest absolute Gasteiger partial charge is 0.0409 e. The zero-order valence-electron chi connectivity index (χ0n) is 11.0. The molecule has 3 heteroatoms. The molecular formula is C15H21ClN2. The molecule has 2 saturated heterocycles. The minimum Gasteiger partial charge on any atom is -0.298 e. The first-order chi connectivity index (χ1) is 8.74. The van der Waals surface area contributed by atoms with E-state index in [1.807, 2.05) is 12.1 Å². The second-order valence-electron chi connectivity index (χ2n) is 5.59. The highest BCUT2D eigenvalue weighted by Gasteiger charge is 2.36. The van der Waals surface area contributed by atoms with Gasteiger partial charge in [0.25, 0.3) is 0 Å². The van der Waals surface area contributed by atoms with E-state index in [-0.39, 0.29) is 0 Å². The summed E-state index contributed by atoms with van der Waals surface area (Å²) in [6.45, 7) is 7.14. The maximum atomic E-state index is 6.06. The molecule has 0 bridgehead atoms. The third-order valence-corrected chi connectivity index (χ3v) is 4.73. The van der Waals surface area contributed by atoms with Crippen LogP contribution in [0.1, 0.15) is 25.3 Å². The van der Waals surface area contributed by atoms with E-state index < -0.39 is 0 Å². The van der Waals surface area contributed by atoms with E-state index >= 15 is 0 Å². The van der Waals surface area contributed by atoms with Crippen molar-refractivity contribution in [1.29, 1.82) is 0 Å². The molecule has 2 heterocycles. The van der Waals surface area contributed by atoms with Crippen LogP contribution in [0.15, 0.2) is 24.3 Å². The molecule has 0 amide bonds. The average molecular weight is 265 g/mol. The van der Waals surface area contributed by atoms with Gasteiger partial charge in [0.2, 0.25) is 0 Å². The van der Waals surface area contributed by atoms with E-state index in [0.717, 1.165) is 17.6 Å². The molecule has 2 aliphatic rings. The fraction of sp³-hybridized carbons (Fsp3) is 0.600. The van der Waals surface area contributed by atoms with Crippen molar-refractivity contribution in [3.05, 3.63) is 34.9 Å². The largest absolute Gasteiger partial charge is 0.298 e. The summed E-state index contributed by atoms with van der Waals surface area (Å²) in [4.78, 5) is 5.28. The van der Waals surface area contributed by atoms with E-state index in [0.29, 0.717) is 6.04 Å². The Morgan fingerprint density at radius 3 is 3.00 bits per heavy atom. The second kappa shape index (κ2) is 5.20.